The average molecular weight is 328 g/mol. The number of furan rings is 1. The molecule has 1 aliphatic rings. The second-order valence-electron chi connectivity index (χ2n) is 4.98. The zero-order chi connectivity index (χ0) is 17.3. The predicted molar refractivity (Wildman–Crippen MR) is 80.7 cm³/mol. The fraction of sp³-hybridized carbons (Fsp3) is 0.118. The molecule has 0 bridgehead atoms. The van der Waals surface area contributed by atoms with E-state index in [0.29, 0.717) is 0 Å². The van der Waals surface area contributed by atoms with Crippen LogP contribution in [0.1, 0.15) is 37.8 Å². The fourth-order valence-electron chi connectivity index (χ4n) is 2.37. The van der Waals surface area contributed by atoms with E-state index in [1.165, 1.54) is 18.2 Å². The van der Waals surface area contributed by atoms with Gasteiger partial charge in [-0.1, -0.05) is 24.3 Å². The Bertz CT molecular complexity index is 820. The largest absolute Gasteiger partial charge is 0.504 e. The van der Waals surface area contributed by atoms with Crippen LogP contribution in [0.4, 0.5) is 0 Å². The number of carbonyl (C=O) groups excluding carboxylic acids is 3. The van der Waals surface area contributed by atoms with Crippen LogP contribution in [0.3, 0.4) is 0 Å². The van der Waals surface area contributed by atoms with Gasteiger partial charge in [0.05, 0.1) is 18.2 Å². The maximum atomic E-state index is 12.4. The number of hydrogen-bond donors (Lipinski definition) is 2. The van der Waals surface area contributed by atoms with Crippen molar-refractivity contribution in [2.45, 2.75) is 0 Å². The lowest BCUT2D eigenvalue weighted by atomic mass is 9.88. The number of fused-ring (bicyclic) bond motifs is 2. The zero-order valence-corrected chi connectivity index (χ0v) is 12.3. The van der Waals surface area contributed by atoms with Gasteiger partial charge in [0.2, 0.25) is 5.78 Å². The van der Waals surface area contributed by atoms with Gasteiger partial charge >= 0.3 is 5.97 Å². The highest BCUT2D eigenvalue weighted by Crippen LogP contribution is 2.31. The lowest BCUT2D eigenvalue weighted by Gasteiger charge is -2.11. The van der Waals surface area contributed by atoms with Crippen molar-refractivity contribution in [2.24, 2.45) is 0 Å². The van der Waals surface area contributed by atoms with Crippen LogP contribution < -0.4 is 0 Å². The van der Waals surface area contributed by atoms with Crippen molar-refractivity contribution in [1.82, 2.24) is 0 Å². The molecule has 0 radical (unpaired) electrons. The van der Waals surface area contributed by atoms with Gasteiger partial charge in [-0.15, -0.1) is 0 Å². The Balaban J connectivity index is 1.96. The third-order valence-electron chi connectivity index (χ3n) is 3.44. The summed E-state index contributed by atoms with van der Waals surface area (Å²) < 4.78 is 9.84. The summed E-state index contributed by atoms with van der Waals surface area (Å²) in [6.45, 7) is -0.569. The smallest absolute Gasteiger partial charge is 0.334 e. The minimum atomic E-state index is -0.892. The molecular formula is C17H12O7. The molecule has 0 atom stereocenters. The molecule has 0 fully saturated rings. The van der Waals surface area contributed by atoms with Gasteiger partial charge in [-0.05, 0) is 6.07 Å². The number of ether oxygens (including phenoxy) is 1. The molecule has 7 nitrogen and oxygen atoms in total. The van der Waals surface area contributed by atoms with Crippen LogP contribution in [0.5, 0.6) is 0 Å². The minimum Gasteiger partial charge on any atom is -0.504 e. The summed E-state index contributed by atoms with van der Waals surface area (Å²) in [4.78, 5) is 36.2. The van der Waals surface area contributed by atoms with Gasteiger partial charge in [-0.25, -0.2) is 4.79 Å². The molecule has 0 saturated heterocycles. The number of rotatable bonds is 4. The summed E-state index contributed by atoms with van der Waals surface area (Å²) in [6, 6.07) is 7.53. The third kappa shape index (κ3) is 2.61. The number of hydrogen-bond acceptors (Lipinski definition) is 7. The predicted octanol–water partition coefficient (Wildman–Crippen LogP) is 1.49. The van der Waals surface area contributed by atoms with Gasteiger partial charge in [-0.3, -0.25) is 9.59 Å². The maximum Gasteiger partial charge on any atom is 0.334 e. The van der Waals surface area contributed by atoms with Crippen LogP contribution in [0.25, 0.3) is 5.76 Å². The third-order valence-corrected chi connectivity index (χ3v) is 3.44. The quantitative estimate of drug-likeness (QED) is 0.423. The molecule has 7 heteroatoms. The summed E-state index contributed by atoms with van der Waals surface area (Å²) in [5, 5.41) is 18.5. The van der Waals surface area contributed by atoms with Crippen LogP contribution in [0.15, 0.2) is 40.8 Å². The molecule has 2 aromatic rings. The van der Waals surface area contributed by atoms with Crippen molar-refractivity contribution in [3.63, 3.8) is 0 Å². The van der Waals surface area contributed by atoms with E-state index >= 15 is 0 Å². The first-order valence-electron chi connectivity index (χ1n) is 7.04. The summed E-state index contributed by atoms with van der Waals surface area (Å²) in [7, 11) is 0. The first-order chi connectivity index (χ1) is 11.5. The van der Waals surface area contributed by atoms with Crippen molar-refractivity contribution in [2.75, 3.05) is 13.2 Å². The number of esters is 1. The Hall–Kier alpha value is -3.19. The van der Waals surface area contributed by atoms with E-state index in [0.717, 1.165) is 6.08 Å². The zero-order valence-electron chi connectivity index (χ0n) is 12.3. The molecule has 0 spiro atoms. The number of carbonyl (C=O) groups is 3. The Labute approximate surface area is 135 Å². The van der Waals surface area contributed by atoms with E-state index in [2.05, 4.69) is 4.74 Å². The van der Waals surface area contributed by atoms with Crippen LogP contribution in [-0.2, 0) is 9.53 Å². The average Bonchev–Trinajstić information content (AvgIpc) is 3.04. The van der Waals surface area contributed by atoms with Gasteiger partial charge in [0.15, 0.2) is 23.1 Å². The van der Waals surface area contributed by atoms with E-state index in [9.17, 15) is 19.5 Å². The highest BCUT2D eigenvalue weighted by Gasteiger charge is 2.33. The summed E-state index contributed by atoms with van der Waals surface area (Å²) >= 11 is 0. The molecule has 1 aliphatic carbocycles. The van der Waals surface area contributed by atoms with E-state index in [-0.39, 0.29) is 41.4 Å². The number of aliphatic hydroxyl groups is 2. The minimum absolute atomic E-state index is 0.0253. The lowest BCUT2D eigenvalue weighted by molar-refractivity contribution is -0.138. The molecule has 1 aromatic carbocycles. The maximum absolute atomic E-state index is 12.4. The standard InChI is InChI=1S/C17H12O7/c18-5-6-23-14(20)8-12(19)13-7-11-15(21)9-3-1-2-4-10(9)16(22)17(11)24-13/h1-4,7-8,18-19H,5-6H2. The topological polar surface area (TPSA) is 114 Å². The molecule has 0 amide bonds. The van der Waals surface area contributed by atoms with Gasteiger partial charge in [0, 0.05) is 11.1 Å². The van der Waals surface area contributed by atoms with Gasteiger partial charge in [-0.2, -0.15) is 0 Å². The second kappa shape index (κ2) is 6.13. The van der Waals surface area contributed by atoms with Crippen molar-refractivity contribution in [3.05, 3.63) is 64.6 Å². The molecule has 1 aromatic heterocycles. The molecule has 3 rings (SSSR count). The monoisotopic (exact) mass is 328 g/mol. The van der Waals surface area contributed by atoms with Crippen molar-refractivity contribution >= 4 is 23.3 Å². The van der Waals surface area contributed by atoms with Crippen LogP contribution >= 0.6 is 0 Å². The number of benzene rings is 1. The Morgan fingerprint density at radius 3 is 2.46 bits per heavy atom. The Kier molecular flexibility index (Phi) is 4.01. The number of aliphatic hydroxyl groups excluding tert-OH is 2. The molecule has 1 heterocycles. The van der Waals surface area contributed by atoms with Crippen LogP contribution in [0.2, 0.25) is 0 Å². The van der Waals surface area contributed by atoms with Gasteiger partial charge in [0.1, 0.15) is 6.61 Å². The molecule has 0 saturated carbocycles. The van der Waals surface area contributed by atoms with Crippen LogP contribution in [-0.4, -0.2) is 41.0 Å². The van der Waals surface area contributed by atoms with Gasteiger partial charge in [0.25, 0.3) is 0 Å². The SMILES string of the molecule is O=C(C=C(O)c1cc2c(o1)C(=O)c1ccccc1C2=O)OCCO. The highest BCUT2D eigenvalue weighted by molar-refractivity contribution is 6.27. The van der Waals surface area contributed by atoms with E-state index in [1.807, 2.05) is 0 Å². The van der Waals surface area contributed by atoms with E-state index in [1.54, 1.807) is 12.1 Å². The molecule has 0 unspecified atom stereocenters. The van der Waals surface area contributed by atoms with E-state index in [4.69, 9.17) is 9.52 Å². The first-order valence-corrected chi connectivity index (χ1v) is 7.04. The number of ketones is 2. The van der Waals surface area contributed by atoms with Crippen molar-refractivity contribution < 1.29 is 33.8 Å². The van der Waals surface area contributed by atoms with E-state index < -0.39 is 23.3 Å². The molecule has 122 valence electrons. The van der Waals surface area contributed by atoms with Crippen LogP contribution in [0, 0.1) is 0 Å². The first kappa shape index (κ1) is 15.7. The Morgan fingerprint density at radius 1 is 1.12 bits per heavy atom. The normalized spacial score (nSPS) is 13.5. The molecule has 24 heavy (non-hydrogen) atoms. The van der Waals surface area contributed by atoms with Crippen molar-refractivity contribution in [3.8, 4) is 0 Å². The summed E-state index contributed by atoms with van der Waals surface area (Å²) in [5.74, 6) is -2.73. The molecule has 2 N–H and O–H groups in total. The lowest BCUT2D eigenvalue weighted by Crippen LogP contribution is -2.18. The van der Waals surface area contributed by atoms with Crippen molar-refractivity contribution in [1.29, 1.82) is 0 Å². The fourth-order valence-corrected chi connectivity index (χ4v) is 2.37. The highest BCUT2D eigenvalue weighted by atomic mass is 16.5. The molecular weight excluding hydrogens is 316 g/mol. The second-order valence-corrected chi connectivity index (χ2v) is 4.98. The Morgan fingerprint density at radius 2 is 1.79 bits per heavy atom. The van der Waals surface area contributed by atoms with Gasteiger partial charge < -0.3 is 19.4 Å². The summed E-state index contributed by atoms with van der Waals surface area (Å²) in [5.41, 5.74) is 0.507. The summed E-state index contributed by atoms with van der Waals surface area (Å²) in [6.07, 6.45) is 0.738. The molecule has 0 aliphatic heterocycles.